The smallest absolute Gasteiger partial charge is 0.119 e. The Hall–Kier alpha value is -1.50. The lowest BCUT2D eigenvalue weighted by Gasteiger charge is -2.10. The van der Waals surface area contributed by atoms with Crippen molar-refractivity contribution in [1.82, 2.24) is 0 Å². The van der Waals surface area contributed by atoms with Gasteiger partial charge in [0.25, 0.3) is 0 Å². The summed E-state index contributed by atoms with van der Waals surface area (Å²) in [5, 5.41) is 8.72. The van der Waals surface area contributed by atoms with E-state index in [2.05, 4.69) is 11.8 Å². The van der Waals surface area contributed by atoms with Gasteiger partial charge in [-0.05, 0) is 37.6 Å². The number of hydrogen-bond acceptors (Lipinski definition) is 3. The fourth-order valence-electron chi connectivity index (χ4n) is 1.41. The summed E-state index contributed by atoms with van der Waals surface area (Å²) in [5.41, 5.74) is 1.93. The summed E-state index contributed by atoms with van der Waals surface area (Å²) in [4.78, 5) is 0. The minimum atomic E-state index is 0.0843. The third-order valence-electron chi connectivity index (χ3n) is 2.34. The minimum absolute atomic E-state index is 0.0843. The quantitative estimate of drug-likeness (QED) is 0.813. The number of aliphatic hydroxyl groups is 1. The molecule has 0 bridgehead atoms. The third kappa shape index (κ3) is 4.79. The van der Waals surface area contributed by atoms with E-state index in [4.69, 9.17) is 14.6 Å². The summed E-state index contributed by atoms with van der Waals surface area (Å²) in [6.07, 6.45) is 0.658. The van der Waals surface area contributed by atoms with Crippen molar-refractivity contribution >= 4 is 0 Å². The molecular weight excluding hydrogens is 228 g/mol. The van der Waals surface area contributed by atoms with Gasteiger partial charge in [0, 0.05) is 12.0 Å². The average molecular weight is 248 g/mol. The Morgan fingerprint density at radius 2 is 2.11 bits per heavy atom. The van der Waals surface area contributed by atoms with Crippen molar-refractivity contribution in [2.75, 3.05) is 13.7 Å². The Bertz CT molecular complexity index is 427. The molecule has 98 valence electrons. The van der Waals surface area contributed by atoms with Crippen LogP contribution in [-0.4, -0.2) is 24.9 Å². The fourth-order valence-corrected chi connectivity index (χ4v) is 1.41. The standard InChI is InChI=1S/C15H20O3/c1-12(2)18-11-14-10-15(17-3)8-7-13(14)6-4-5-9-16/h7-8,10,12,16H,5,9,11H2,1-3H3. The van der Waals surface area contributed by atoms with Crippen LogP contribution in [0.5, 0.6) is 5.75 Å². The minimum Gasteiger partial charge on any atom is -0.497 e. The molecule has 1 aromatic carbocycles. The summed E-state index contributed by atoms with van der Waals surface area (Å²) < 4.78 is 10.8. The Kier molecular flexibility index (Phi) is 6.27. The van der Waals surface area contributed by atoms with Crippen molar-refractivity contribution in [1.29, 1.82) is 0 Å². The van der Waals surface area contributed by atoms with Gasteiger partial charge in [-0.3, -0.25) is 0 Å². The maximum atomic E-state index is 8.72. The summed E-state index contributed by atoms with van der Waals surface area (Å²) in [5.74, 6) is 6.76. The van der Waals surface area contributed by atoms with Crippen molar-refractivity contribution in [2.24, 2.45) is 0 Å². The van der Waals surface area contributed by atoms with Crippen LogP contribution < -0.4 is 4.74 Å². The van der Waals surface area contributed by atoms with Gasteiger partial charge in [-0.15, -0.1) is 0 Å². The van der Waals surface area contributed by atoms with E-state index in [-0.39, 0.29) is 12.7 Å². The first kappa shape index (κ1) is 14.6. The van der Waals surface area contributed by atoms with Gasteiger partial charge in [-0.25, -0.2) is 0 Å². The van der Waals surface area contributed by atoms with Crippen LogP contribution in [0, 0.1) is 11.8 Å². The number of aliphatic hydroxyl groups excluding tert-OH is 1. The molecule has 0 heterocycles. The summed E-state index contributed by atoms with van der Waals surface area (Å²) in [6.45, 7) is 4.59. The second-order valence-corrected chi connectivity index (χ2v) is 4.16. The van der Waals surface area contributed by atoms with Gasteiger partial charge in [0.15, 0.2) is 0 Å². The van der Waals surface area contributed by atoms with Crippen molar-refractivity contribution in [3.63, 3.8) is 0 Å². The molecule has 1 N–H and O–H groups in total. The molecule has 1 rings (SSSR count). The van der Waals surface area contributed by atoms with Gasteiger partial charge >= 0.3 is 0 Å². The molecule has 0 saturated heterocycles. The van der Waals surface area contributed by atoms with E-state index in [9.17, 15) is 0 Å². The van der Waals surface area contributed by atoms with E-state index < -0.39 is 0 Å². The van der Waals surface area contributed by atoms with Crippen LogP contribution in [-0.2, 0) is 11.3 Å². The van der Waals surface area contributed by atoms with Crippen LogP contribution in [0.25, 0.3) is 0 Å². The molecule has 0 saturated carbocycles. The Morgan fingerprint density at radius 1 is 1.33 bits per heavy atom. The van der Waals surface area contributed by atoms with Crippen LogP contribution in [0.1, 0.15) is 31.4 Å². The molecule has 0 fully saturated rings. The lowest BCUT2D eigenvalue weighted by molar-refractivity contribution is 0.0655. The zero-order chi connectivity index (χ0) is 13.4. The van der Waals surface area contributed by atoms with Crippen molar-refractivity contribution < 1.29 is 14.6 Å². The molecule has 0 atom stereocenters. The van der Waals surface area contributed by atoms with Crippen LogP contribution in [0.15, 0.2) is 18.2 Å². The van der Waals surface area contributed by atoms with Crippen LogP contribution >= 0.6 is 0 Å². The van der Waals surface area contributed by atoms with Gasteiger partial charge in [-0.2, -0.15) is 0 Å². The Balaban J connectivity index is 2.90. The summed E-state index contributed by atoms with van der Waals surface area (Å²) in [7, 11) is 1.64. The van der Waals surface area contributed by atoms with E-state index in [1.54, 1.807) is 7.11 Å². The molecule has 0 spiro atoms. The summed E-state index contributed by atoms with van der Waals surface area (Å²) >= 11 is 0. The first-order chi connectivity index (χ1) is 8.67. The van der Waals surface area contributed by atoms with Crippen LogP contribution in [0.3, 0.4) is 0 Å². The number of methoxy groups -OCH3 is 1. The van der Waals surface area contributed by atoms with Gasteiger partial charge in [0.2, 0.25) is 0 Å². The molecule has 3 nitrogen and oxygen atoms in total. The van der Waals surface area contributed by atoms with E-state index in [0.29, 0.717) is 13.0 Å². The molecule has 0 radical (unpaired) electrons. The summed E-state index contributed by atoms with van der Waals surface area (Å²) in [6, 6.07) is 5.73. The van der Waals surface area contributed by atoms with Crippen molar-refractivity contribution in [2.45, 2.75) is 33.0 Å². The topological polar surface area (TPSA) is 38.7 Å². The molecule has 1 aromatic rings. The van der Waals surface area contributed by atoms with Gasteiger partial charge in [-0.1, -0.05) is 11.8 Å². The normalized spacial score (nSPS) is 10.1. The monoisotopic (exact) mass is 248 g/mol. The van der Waals surface area contributed by atoms with Crippen LogP contribution in [0.2, 0.25) is 0 Å². The first-order valence-corrected chi connectivity index (χ1v) is 6.05. The van der Waals surface area contributed by atoms with Gasteiger partial charge < -0.3 is 14.6 Å². The molecule has 0 aliphatic rings. The number of ether oxygens (including phenoxy) is 2. The second-order valence-electron chi connectivity index (χ2n) is 4.16. The number of rotatable bonds is 5. The highest BCUT2D eigenvalue weighted by molar-refractivity contribution is 5.45. The lowest BCUT2D eigenvalue weighted by Crippen LogP contribution is -2.04. The zero-order valence-electron chi connectivity index (χ0n) is 11.2. The second kappa shape index (κ2) is 7.75. The van der Waals surface area contributed by atoms with E-state index >= 15 is 0 Å². The predicted octanol–water partition coefficient (Wildman–Crippen LogP) is 2.35. The fraction of sp³-hybridized carbons (Fsp3) is 0.467. The van der Waals surface area contributed by atoms with E-state index in [1.807, 2.05) is 32.0 Å². The molecule has 18 heavy (non-hydrogen) atoms. The highest BCUT2D eigenvalue weighted by Gasteiger charge is 2.04. The Labute approximate surface area is 109 Å². The predicted molar refractivity (Wildman–Crippen MR) is 71.5 cm³/mol. The SMILES string of the molecule is COc1ccc(C#CCCO)c(COC(C)C)c1. The van der Waals surface area contributed by atoms with Gasteiger partial charge in [0.1, 0.15) is 5.75 Å². The molecule has 3 heteroatoms. The maximum Gasteiger partial charge on any atom is 0.119 e. The third-order valence-corrected chi connectivity index (χ3v) is 2.34. The lowest BCUT2D eigenvalue weighted by atomic mass is 10.1. The van der Waals surface area contributed by atoms with Crippen LogP contribution in [0.4, 0.5) is 0 Å². The zero-order valence-corrected chi connectivity index (χ0v) is 11.2. The molecule has 0 aromatic heterocycles. The van der Waals surface area contributed by atoms with E-state index in [0.717, 1.165) is 16.9 Å². The first-order valence-electron chi connectivity index (χ1n) is 6.05. The van der Waals surface area contributed by atoms with Gasteiger partial charge in [0.05, 0.1) is 26.4 Å². The molecule has 0 aliphatic carbocycles. The highest BCUT2D eigenvalue weighted by atomic mass is 16.5. The largest absolute Gasteiger partial charge is 0.497 e. The molecule has 0 unspecified atom stereocenters. The average Bonchev–Trinajstić information content (AvgIpc) is 2.37. The van der Waals surface area contributed by atoms with Crippen molar-refractivity contribution in [3.05, 3.63) is 29.3 Å². The molecular formula is C15H20O3. The van der Waals surface area contributed by atoms with E-state index in [1.165, 1.54) is 0 Å². The number of hydrogen-bond donors (Lipinski definition) is 1. The Morgan fingerprint density at radius 3 is 2.72 bits per heavy atom. The maximum absolute atomic E-state index is 8.72. The molecule has 0 aliphatic heterocycles. The molecule has 0 amide bonds. The number of benzene rings is 1. The van der Waals surface area contributed by atoms with Crippen molar-refractivity contribution in [3.8, 4) is 17.6 Å². The highest BCUT2D eigenvalue weighted by Crippen LogP contribution is 2.18.